The van der Waals surface area contributed by atoms with Crippen molar-refractivity contribution in [2.75, 3.05) is 18.2 Å². The molecule has 0 fully saturated rings. The Kier molecular flexibility index (Phi) is 6.35. The first-order valence-corrected chi connectivity index (χ1v) is 7.57. The fourth-order valence-corrected chi connectivity index (χ4v) is 2.09. The molecular weight excluding hydrogens is 303 g/mol. The summed E-state index contributed by atoms with van der Waals surface area (Å²) in [6, 6.07) is 3.36. The second-order valence-corrected chi connectivity index (χ2v) is 5.74. The lowest BCUT2D eigenvalue weighted by Crippen LogP contribution is -2.28. The first-order chi connectivity index (χ1) is 9.81. The molecule has 0 aliphatic carbocycles. The molecule has 0 aliphatic rings. The Morgan fingerprint density at radius 3 is 2.62 bits per heavy atom. The number of hydrogen-bond donors (Lipinski definition) is 3. The summed E-state index contributed by atoms with van der Waals surface area (Å²) in [6.45, 7) is 2.40. The lowest BCUT2D eigenvalue weighted by Gasteiger charge is -2.16. The van der Waals surface area contributed by atoms with Crippen LogP contribution in [0.15, 0.2) is 18.2 Å². The Bertz CT molecular complexity index is 494. The molecule has 1 amide bonds. The number of thioether (sulfide) groups is 1. The van der Waals surface area contributed by atoms with Crippen molar-refractivity contribution in [2.24, 2.45) is 5.84 Å². The summed E-state index contributed by atoms with van der Waals surface area (Å²) in [4.78, 5) is 12.0. The van der Waals surface area contributed by atoms with Crippen molar-refractivity contribution in [2.45, 2.75) is 24.8 Å². The molecule has 1 atom stereocenters. The molecule has 0 bridgehead atoms. The van der Waals surface area contributed by atoms with Gasteiger partial charge in [0.25, 0.3) is 5.91 Å². The van der Waals surface area contributed by atoms with E-state index in [2.05, 4.69) is 5.32 Å². The number of para-hydroxylation sites is 1. The van der Waals surface area contributed by atoms with Gasteiger partial charge in [0.2, 0.25) is 0 Å². The molecule has 0 aliphatic heterocycles. The Morgan fingerprint density at radius 1 is 1.43 bits per heavy atom. The highest BCUT2D eigenvalue weighted by Gasteiger charge is 2.35. The quantitative estimate of drug-likeness (QED) is 0.557. The Morgan fingerprint density at radius 2 is 2.10 bits per heavy atom. The van der Waals surface area contributed by atoms with Crippen molar-refractivity contribution >= 4 is 23.4 Å². The van der Waals surface area contributed by atoms with Gasteiger partial charge in [-0.25, -0.2) is 0 Å². The van der Waals surface area contributed by atoms with Gasteiger partial charge in [-0.1, -0.05) is 13.0 Å². The largest absolute Gasteiger partial charge is 0.418 e. The zero-order valence-electron chi connectivity index (χ0n) is 11.8. The Balaban J connectivity index is 2.90. The number of rotatable bonds is 6. The van der Waals surface area contributed by atoms with Gasteiger partial charge < -0.3 is 10.7 Å². The van der Waals surface area contributed by atoms with Gasteiger partial charge in [-0.15, -0.1) is 0 Å². The smallest absolute Gasteiger partial charge is 0.352 e. The van der Waals surface area contributed by atoms with Crippen LogP contribution in [-0.4, -0.2) is 24.0 Å². The van der Waals surface area contributed by atoms with E-state index in [4.69, 9.17) is 5.84 Å². The number of amides is 1. The van der Waals surface area contributed by atoms with Crippen molar-refractivity contribution in [1.82, 2.24) is 5.32 Å². The van der Waals surface area contributed by atoms with Gasteiger partial charge in [-0.3, -0.25) is 10.6 Å². The monoisotopic (exact) mass is 321 g/mol. The van der Waals surface area contributed by atoms with Crippen molar-refractivity contribution in [3.63, 3.8) is 0 Å². The lowest BCUT2D eigenvalue weighted by atomic mass is 10.1. The average Bonchev–Trinajstić information content (AvgIpc) is 2.44. The van der Waals surface area contributed by atoms with Crippen LogP contribution in [0.1, 0.15) is 29.3 Å². The fraction of sp³-hybridized carbons (Fsp3) is 0.462. The van der Waals surface area contributed by atoms with Crippen LogP contribution in [0.2, 0.25) is 0 Å². The highest BCUT2D eigenvalue weighted by Crippen LogP contribution is 2.36. The first kappa shape index (κ1) is 17.6. The topological polar surface area (TPSA) is 67.2 Å². The number of carbonyl (C=O) groups excluding carboxylic acids is 1. The second-order valence-electron chi connectivity index (χ2n) is 4.46. The van der Waals surface area contributed by atoms with E-state index in [0.29, 0.717) is 11.8 Å². The zero-order chi connectivity index (χ0) is 16.0. The molecule has 8 heteroatoms. The Labute approximate surface area is 125 Å². The highest BCUT2D eigenvalue weighted by molar-refractivity contribution is 7.99. The summed E-state index contributed by atoms with van der Waals surface area (Å²) in [6.07, 6.45) is -1.89. The summed E-state index contributed by atoms with van der Waals surface area (Å²) in [5, 5.41) is 2.96. The van der Waals surface area contributed by atoms with E-state index in [1.807, 2.05) is 18.6 Å². The van der Waals surface area contributed by atoms with E-state index < -0.39 is 23.3 Å². The predicted octanol–water partition coefficient (Wildman–Crippen LogP) is 2.86. The molecular formula is C13H18F3N3OS. The molecule has 0 heterocycles. The number of nitrogen functional groups attached to an aromatic ring is 1. The summed E-state index contributed by atoms with van der Waals surface area (Å²) in [5.41, 5.74) is 0.477. The van der Waals surface area contributed by atoms with Crippen LogP contribution in [0.25, 0.3) is 0 Å². The minimum absolute atomic E-state index is 0.121. The lowest BCUT2D eigenvalue weighted by molar-refractivity contribution is -0.137. The number of halogens is 3. The van der Waals surface area contributed by atoms with Gasteiger partial charge in [0.05, 0.1) is 16.8 Å². The van der Waals surface area contributed by atoms with Gasteiger partial charge in [0, 0.05) is 11.8 Å². The number of nitrogens with one attached hydrogen (secondary N) is 2. The molecule has 0 spiro atoms. The second kappa shape index (κ2) is 7.56. The third kappa shape index (κ3) is 4.82. The summed E-state index contributed by atoms with van der Waals surface area (Å²) < 4.78 is 38.6. The van der Waals surface area contributed by atoms with Crippen LogP contribution >= 0.6 is 11.8 Å². The molecule has 1 aromatic carbocycles. The van der Waals surface area contributed by atoms with Crippen molar-refractivity contribution < 1.29 is 18.0 Å². The number of hydrogen-bond acceptors (Lipinski definition) is 4. The normalized spacial score (nSPS) is 12.9. The maximum absolute atomic E-state index is 12.9. The van der Waals surface area contributed by atoms with Gasteiger partial charge in [-0.05, 0) is 24.8 Å². The van der Waals surface area contributed by atoms with Gasteiger partial charge in [0.1, 0.15) is 0 Å². The fourth-order valence-electron chi connectivity index (χ4n) is 1.74. The maximum atomic E-state index is 12.9. The Hall–Kier alpha value is -1.41. The van der Waals surface area contributed by atoms with Gasteiger partial charge in [-0.2, -0.15) is 24.9 Å². The summed E-state index contributed by atoms with van der Waals surface area (Å²) in [5.74, 6) is 4.57. The number of nitrogens with two attached hydrogens (primary N) is 1. The average molecular weight is 321 g/mol. The molecule has 0 radical (unpaired) electrons. The molecule has 118 valence electrons. The third-order valence-corrected chi connectivity index (χ3v) is 4.04. The molecule has 0 saturated heterocycles. The zero-order valence-corrected chi connectivity index (χ0v) is 12.6. The van der Waals surface area contributed by atoms with Crippen LogP contribution in [0, 0.1) is 0 Å². The summed E-state index contributed by atoms with van der Waals surface area (Å²) in [7, 11) is 0. The van der Waals surface area contributed by atoms with E-state index in [1.165, 1.54) is 12.1 Å². The van der Waals surface area contributed by atoms with Crippen LogP contribution in [0.3, 0.4) is 0 Å². The maximum Gasteiger partial charge on any atom is 0.418 e. The van der Waals surface area contributed by atoms with Crippen LogP contribution < -0.4 is 16.6 Å². The SMILES string of the molecule is CSC(C)CCNC(=O)c1cccc(C(F)(F)F)c1NN. The first-order valence-electron chi connectivity index (χ1n) is 6.29. The van der Waals surface area contributed by atoms with Crippen LogP contribution in [0.4, 0.5) is 18.9 Å². The highest BCUT2D eigenvalue weighted by atomic mass is 32.2. The molecule has 1 rings (SSSR count). The van der Waals surface area contributed by atoms with E-state index in [9.17, 15) is 18.0 Å². The van der Waals surface area contributed by atoms with Gasteiger partial charge >= 0.3 is 6.18 Å². The summed E-state index contributed by atoms with van der Waals surface area (Å²) >= 11 is 1.65. The minimum atomic E-state index is -4.58. The standard InChI is InChI=1S/C13H18F3N3OS/c1-8(21-2)6-7-18-12(20)9-4-3-5-10(11(9)19-17)13(14,15)16/h3-5,8,19H,6-7,17H2,1-2H3,(H,18,20). The van der Waals surface area contributed by atoms with E-state index in [-0.39, 0.29) is 5.56 Å². The van der Waals surface area contributed by atoms with E-state index >= 15 is 0 Å². The predicted molar refractivity (Wildman–Crippen MR) is 79.2 cm³/mol. The third-order valence-electron chi connectivity index (χ3n) is 3.00. The van der Waals surface area contributed by atoms with Crippen molar-refractivity contribution in [3.8, 4) is 0 Å². The number of hydrazine groups is 1. The number of alkyl halides is 3. The van der Waals surface area contributed by atoms with Gasteiger partial charge in [0.15, 0.2) is 0 Å². The van der Waals surface area contributed by atoms with Crippen molar-refractivity contribution in [1.29, 1.82) is 0 Å². The molecule has 4 nitrogen and oxygen atoms in total. The molecule has 0 saturated carbocycles. The van der Waals surface area contributed by atoms with Crippen LogP contribution in [-0.2, 0) is 6.18 Å². The number of carbonyl (C=O) groups is 1. The number of benzene rings is 1. The molecule has 0 aromatic heterocycles. The minimum Gasteiger partial charge on any atom is -0.352 e. The molecule has 1 aromatic rings. The molecule has 4 N–H and O–H groups in total. The van der Waals surface area contributed by atoms with E-state index in [1.54, 1.807) is 11.8 Å². The molecule has 21 heavy (non-hydrogen) atoms. The van der Waals surface area contributed by atoms with Crippen LogP contribution in [0.5, 0.6) is 0 Å². The number of anilines is 1. The van der Waals surface area contributed by atoms with E-state index in [0.717, 1.165) is 12.5 Å². The molecule has 1 unspecified atom stereocenters. The van der Waals surface area contributed by atoms with Crippen molar-refractivity contribution in [3.05, 3.63) is 29.3 Å².